The lowest BCUT2D eigenvalue weighted by atomic mass is 10.2. The second-order valence-electron chi connectivity index (χ2n) is 2.04. The maximum Gasteiger partial charge on any atom is 0.371 e. The number of rotatable bonds is 2. The molecule has 0 unspecified atom stereocenters. The van der Waals surface area contributed by atoms with Crippen molar-refractivity contribution in [1.29, 1.82) is 0 Å². The summed E-state index contributed by atoms with van der Waals surface area (Å²) < 4.78 is 0. The summed E-state index contributed by atoms with van der Waals surface area (Å²) in [5, 5.41) is 2.00. The van der Waals surface area contributed by atoms with Crippen LogP contribution in [0.15, 0.2) is 29.6 Å². The first kappa shape index (κ1) is 8.19. The number of hydrogen-bond acceptors (Lipinski definition) is 5. The average Bonchev–Trinajstić information content (AvgIpc) is 2.05. The third-order valence-corrected chi connectivity index (χ3v) is 1.30. The highest BCUT2D eigenvalue weighted by molar-refractivity contribution is 5.94. The zero-order valence-corrected chi connectivity index (χ0v) is 6.06. The Kier molecular flexibility index (Phi) is 2.37. The molecule has 0 amide bonds. The van der Waals surface area contributed by atoms with Crippen molar-refractivity contribution in [2.45, 2.75) is 0 Å². The van der Waals surface area contributed by atoms with Gasteiger partial charge >= 0.3 is 5.97 Å². The number of benzene rings is 1. The Bertz CT molecular complexity index is 311. The van der Waals surface area contributed by atoms with Crippen LogP contribution < -0.4 is 5.73 Å². The minimum Gasteiger partial charge on any atom is -0.398 e. The maximum absolute atomic E-state index is 10.9. The Balaban J connectivity index is 2.94. The number of anilines is 1. The van der Waals surface area contributed by atoms with Gasteiger partial charge in [0.25, 0.3) is 0 Å². The van der Waals surface area contributed by atoms with Crippen molar-refractivity contribution in [2.24, 2.45) is 5.34 Å². The van der Waals surface area contributed by atoms with Crippen LogP contribution in [0.25, 0.3) is 0 Å². The molecule has 0 aliphatic carbocycles. The fourth-order valence-corrected chi connectivity index (χ4v) is 0.766. The topological polar surface area (TPSA) is 81.8 Å². The van der Waals surface area contributed by atoms with Crippen LogP contribution >= 0.6 is 0 Å². The van der Waals surface area contributed by atoms with Crippen LogP contribution in [0.1, 0.15) is 10.4 Å². The lowest BCUT2D eigenvalue weighted by Gasteiger charge is -1.98. The van der Waals surface area contributed by atoms with E-state index in [0.29, 0.717) is 0 Å². The van der Waals surface area contributed by atoms with Gasteiger partial charge in [-0.1, -0.05) is 12.1 Å². The Morgan fingerprint density at radius 2 is 2.08 bits per heavy atom. The Morgan fingerprint density at radius 3 is 2.67 bits per heavy atom. The highest BCUT2D eigenvalue weighted by Crippen LogP contribution is 2.11. The number of carbonyl (C=O) groups excluding carboxylic acids is 1. The lowest BCUT2D eigenvalue weighted by Crippen LogP contribution is -2.04. The summed E-state index contributed by atoms with van der Waals surface area (Å²) in [6.45, 7) is 0. The first-order chi connectivity index (χ1) is 5.75. The molecule has 5 nitrogen and oxygen atoms in total. The highest BCUT2D eigenvalue weighted by atomic mass is 16.7. The number of para-hydroxylation sites is 1. The van der Waals surface area contributed by atoms with Crippen molar-refractivity contribution in [1.82, 2.24) is 0 Å². The molecule has 5 heteroatoms. The molecule has 0 saturated heterocycles. The van der Waals surface area contributed by atoms with E-state index in [2.05, 4.69) is 4.84 Å². The van der Waals surface area contributed by atoms with Crippen LogP contribution in [-0.2, 0) is 4.84 Å². The Morgan fingerprint density at radius 1 is 1.42 bits per heavy atom. The monoisotopic (exact) mass is 166 g/mol. The molecule has 1 aromatic rings. The predicted octanol–water partition coefficient (Wildman–Crippen LogP) is 1.11. The molecule has 0 heterocycles. The third-order valence-electron chi connectivity index (χ3n) is 1.30. The van der Waals surface area contributed by atoms with Gasteiger partial charge in [0, 0.05) is 5.69 Å². The largest absolute Gasteiger partial charge is 0.398 e. The molecule has 0 spiro atoms. The zero-order chi connectivity index (χ0) is 8.97. The summed E-state index contributed by atoms with van der Waals surface area (Å²) >= 11 is 0. The van der Waals surface area contributed by atoms with Crippen LogP contribution in [0.4, 0.5) is 5.69 Å². The second-order valence-corrected chi connectivity index (χ2v) is 2.04. The van der Waals surface area contributed by atoms with Gasteiger partial charge in [-0.2, -0.15) is 0 Å². The summed E-state index contributed by atoms with van der Waals surface area (Å²) in [7, 11) is 0. The van der Waals surface area contributed by atoms with Gasteiger partial charge in [-0.05, 0) is 12.1 Å². The van der Waals surface area contributed by atoms with Crippen LogP contribution in [0.3, 0.4) is 0 Å². The fraction of sp³-hybridized carbons (Fsp3) is 0. The molecular formula is C7H6N2O3. The van der Waals surface area contributed by atoms with E-state index in [9.17, 15) is 9.70 Å². The number of nitrogens with zero attached hydrogens (tertiary/aromatic N) is 1. The molecule has 0 bridgehead atoms. The van der Waals surface area contributed by atoms with E-state index in [4.69, 9.17) is 5.73 Å². The molecule has 2 N–H and O–H groups in total. The Hall–Kier alpha value is -1.91. The van der Waals surface area contributed by atoms with Crippen molar-refractivity contribution < 1.29 is 9.63 Å². The molecule has 0 atom stereocenters. The van der Waals surface area contributed by atoms with E-state index in [1.54, 1.807) is 12.1 Å². The molecule has 0 saturated carbocycles. The van der Waals surface area contributed by atoms with Gasteiger partial charge in [-0.25, -0.2) is 4.79 Å². The van der Waals surface area contributed by atoms with Crippen LogP contribution in [0, 0.1) is 4.91 Å². The summed E-state index contributed by atoms with van der Waals surface area (Å²) in [6, 6.07) is 6.25. The smallest absolute Gasteiger partial charge is 0.371 e. The van der Waals surface area contributed by atoms with Crippen molar-refractivity contribution in [2.75, 3.05) is 5.73 Å². The minimum atomic E-state index is -0.844. The van der Waals surface area contributed by atoms with Gasteiger partial charge in [0.05, 0.1) is 5.56 Å². The standard InChI is InChI=1S/C7H6N2O3/c8-6-4-2-1-3-5(6)7(10)12-9-11/h1-4H,8H2. The van der Waals surface area contributed by atoms with Crippen LogP contribution in [0.5, 0.6) is 0 Å². The number of nitrogen functional groups attached to an aromatic ring is 1. The quantitative estimate of drug-likeness (QED) is 0.405. The molecule has 0 fully saturated rings. The molecule has 62 valence electrons. The van der Waals surface area contributed by atoms with Gasteiger partial charge in [-0.15, -0.1) is 4.91 Å². The predicted molar refractivity (Wildman–Crippen MR) is 42.1 cm³/mol. The van der Waals surface area contributed by atoms with E-state index >= 15 is 0 Å². The van der Waals surface area contributed by atoms with Gasteiger partial charge in [-0.3, -0.25) is 4.84 Å². The normalized spacial score (nSPS) is 9.00. The average molecular weight is 166 g/mol. The third kappa shape index (κ3) is 1.57. The molecule has 0 aromatic heterocycles. The van der Waals surface area contributed by atoms with E-state index in [1.165, 1.54) is 12.1 Å². The van der Waals surface area contributed by atoms with Gasteiger partial charge in [0.1, 0.15) is 0 Å². The Labute approximate surface area is 68.1 Å². The minimum absolute atomic E-state index is 0.136. The van der Waals surface area contributed by atoms with E-state index in [1.807, 2.05) is 5.34 Å². The zero-order valence-electron chi connectivity index (χ0n) is 6.06. The molecule has 12 heavy (non-hydrogen) atoms. The maximum atomic E-state index is 10.9. The molecule has 1 rings (SSSR count). The summed E-state index contributed by atoms with van der Waals surface area (Å²) in [4.78, 5) is 24.3. The number of carbonyl (C=O) groups is 1. The van der Waals surface area contributed by atoms with Crippen molar-refractivity contribution in [3.8, 4) is 0 Å². The first-order valence-electron chi connectivity index (χ1n) is 3.14. The highest BCUT2D eigenvalue weighted by Gasteiger charge is 2.10. The fourth-order valence-electron chi connectivity index (χ4n) is 0.766. The lowest BCUT2D eigenvalue weighted by molar-refractivity contribution is 0.0509. The number of nitrogens with two attached hydrogens (primary N) is 1. The van der Waals surface area contributed by atoms with Crippen molar-refractivity contribution >= 4 is 11.7 Å². The molecular weight excluding hydrogens is 160 g/mol. The van der Waals surface area contributed by atoms with Gasteiger partial charge in [0.2, 0.25) is 0 Å². The second kappa shape index (κ2) is 3.47. The van der Waals surface area contributed by atoms with Crippen LogP contribution in [0.2, 0.25) is 0 Å². The van der Waals surface area contributed by atoms with E-state index in [0.717, 1.165) is 0 Å². The van der Waals surface area contributed by atoms with Crippen LogP contribution in [-0.4, -0.2) is 5.97 Å². The molecule has 0 aliphatic rings. The van der Waals surface area contributed by atoms with Crippen molar-refractivity contribution in [3.63, 3.8) is 0 Å². The molecule has 1 aromatic carbocycles. The van der Waals surface area contributed by atoms with Gasteiger partial charge in [0.15, 0.2) is 5.34 Å². The summed E-state index contributed by atoms with van der Waals surface area (Å²) in [6.07, 6.45) is 0. The SMILES string of the molecule is Nc1ccccc1C(=O)ON=O. The molecule has 0 aliphatic heterocycles. The molecule has 0 radical (unpaired) electrons. The van der Waals surface area contributed by atoms with Crippen molar-refractivity contribution in [3.05, 3.63) is 34.7 Å². The summed E-state index contributed by atoms with van der Waals surface area (Å²) in [5.74, 6) is -0.844. The summed E-state index contributed by atoms with van der Waals surface area (Å²) in [5.41, 5.74) is 5.80. The van der Waals surface area contributed by atoms with E-state index < -0.39 is 5.97 Å². The van der Waals surface area contributed by atoms with E-state index in [-0.39, 0.29) is 11.3 Å². The first-order valence-corrected chi connectivity index (χ1v) is 3.14. The number of hydrogen-bond donors (Lipinski definition) is 1. The van der Waals surface area contributed by atoms with Gasteiger partial charge < -0.3 is 5.73 Å².